The quantitative estimate of drug-likeness (QED) is 0.305. The van der Waals surface area contributed by atoms with Gasteiger partial charge in [-0.05, 0) is 55.8 Å². The number of aromatic amines is 1. The molecule has 4 N–H and O–H groups in total. The molecule has 1 aliphatic rings. The lowest BCUT2D eigenvalue weighted by Crippen LogP contribution is -2.39. The molecule has 2 aromatic heterocycles. The van der Waals surface area contributed by atoms with Gasteiger partial charge in [0.15, 0.2) is 23.9 Å². The predicted octanol–water partition coefficient (Wildman–Crippen LogP) is 2.28. The molecule has 1 fully saturated rings. The Labute approximate surface area is 202 Å². The number of methoxy groups -OCH3 is 1. The third-order valence-corrected chi connectivity index (χ3v) is 6.11. The molecular weight excluding hydrogens is 448 g/mol. The first-order valence-electron chi connectivity index (χ1n) is 11.4. The maximum Gasteiger partial charge on any atom is 0.258 e. The van der Waals surface area contributed by atoms with E-state index in [-0.39, 0.29) is 18.6 Å². The second kappa shape index (κ2) is 9.63. The average Bonchev–Trinajstić information content (AvgIpc) is 3.62. The van der Waals surface area contributed by atoms with E-state index >= 15 is 0 Å². The number of hydrogen-bond donors (Lipinski definition) is 4. The van der Waals surface area contributed by atoms with Crippen molar-refractivity contribution in [2.24, 2.45) is 7.05 Å². The topological polar surface area (TPSA) is 131 Å². The third kappa shape index (κ3) is 4.76. The van der Waals surface area contributed by atoms with Gasteiger partial charge in [0.2, 0.25) is 5.95 Å². The molecule has 0 radical (unpaired) electrons. The maximum absolute atomic E-state index is 12.2. The monoisotopic (exact) mass is 476 g/mol. The zero-order valence-corrected chi connectivity index (χ0v) is 19.9. The number of carbonyl (C=O) groups excluding carboxylic acids is 1. The fraction of sp³-hybridized carbons (Fsp3) is 0.333. The van der Waals surface area contributed by atoms with Crippen molar-refractivity contribution in [3.8, 4) is 22.9 Å². The number of anilines is 2. The summed E-state index contributed by atoms with van der Waals surface area (Å²) < 4.78 is 12.9. The third-order valence-electron chi connectivity index (χ3n) is 6.11. The van der Waals surface area contributed by atoms with Crippen molar-refractivity contribution in [1.29, 1.82) is 0 Å². The number of carbonyl (C=O) groups is 1. The summed E-state index contributed by atoms with van der Waals surface area (Å²) in [5, 5.41) is 22.2. The number of benzene rings is 2. The number of nitrogens with one attached hydrogen (secondary N) is 4. The fourth-order valence-corrected chi connectivity index (χ4v) is 4.15. The number of nitrogens with zero attached hydrogens (tertiary/aromatic N) is 4. The van der Waals surface area contributed by atoms with E-state index in [0.29, 0.717) is 23.3 Å². The molecule has 11 nitrogen and oxygen atoms in total. The Morgan fingerprint density at radius 3 is 2.94 bits per heavy atom. The van der Waals surface area contributed by atoms with Crippen LogP contribution in [0.1, 0.15) is 12.0 Å². The molecule has 1 saturated heterocycles. The summed E-state index contributed by atoms with van der Waals surface area (Å²) >= 11 is 0. The molecular formula is C24H28N8O3. The fourth-order valence-electron chi connectivity index (χ4n) is 4.15. The Bertz CT molecular complexity index is 1360. The van der Waals surface area contributed by atoms with E-state index in [1.54, 1.807) is 23.9 Å². The number of aromatic nitrogens is 5. The van der Waals surface area contributed by atoms with Crippen LogP contribution in [0.15, 0.2) is 36.5 Å². The van der Waals surface area contributed by atoms with Crippen LogP contribution in [0.5, 0.6) is 11.5 Å². The van der Waals surface area contributed by atoms with Gasteiger partial charge in [-0.15, -0.1) is 5.10 Å². The van der Waals surface area contributed by atoms with E-state index in [9.17, 15) is 4.79 Å². The summed E-state index contributed by atoms with van der Waals surface area (Å²) in [4.78, 5) is 16.9. The molecule has 0 bridgehead atoms. The van der Waals surface area contributed by atoms with E-state index in [0.717, 1.165) is 47.2 Å². The van der Waals surface area contributed by atoms with E-state index in [2.05, 4.69) is 36.2 Å². The molecule has 35 heavy (non-hydrogen) atoms. The first-order valence-corrected chi connectivity index (χ1v) is 11.4. The van der Waals surface area contributed by atoms with Crippen molar-refractivity contribution in [2.75, 3.05) is 32.1 Å². The Kier molecular flexibility index (Phi) is 6.23. The number of fused-ring (bicyclic) bond motifs is 1. The SMILES string of the molecule is COc1cc(-c2nc(Nc3ccc4[nH]ncc4c3C)n(C)n2)ccc1OCC(=O)NC1CCNC1. The first kappa shape index (κ1) is 22.7. The normalized spacial score (nSPS) is 15.3. The van der Waals surface area contributed by atoms with E-state index in [1.165, 1.54) is 0 Å². The van der Waals surface area contributed by atoms with Gasteiger partial charge >= 0.3 is 0 Å². The van der Waals surface area contributed by atoms with Gasteiger partial charge in [0.05, 0.1) is 18.8 Å². The summed E-state index contributed by atoms with van der Waals surface area (Å²) in [5.41, 5.74) is 3.74. The van der Waals surface area contributed by atoms with Crippen LogP contribution < -0.4 is 25.4 Å². The van der Waals surface area contributed by atoms with Crippen LogP contribution in [0.25, 0.3) is 22.3 Å². The Hall–Kier alpha value is -4.12. The molecule has 0 aliphatic carbocycles. The summed E-state index contributed by atoms with van der Waals surface area (Å²) in [7, 11) is 3.39. The van der Waals surface area contributed by atoms with Crippen molar-refractivity contribution in [1.82, 2.24) is 35.6 Å². The summed E-state index contributed by atoms with van der Waals surface area (Å²) in [6.45, 7) is 3.66. The second-order valence-corrected chi connectivity index (χ2v) is 8.49. The van der Waals surface area contributed by atoms with Gasteiger partial charge in [-0.2, -0.15) is 10.1 Å². The van der Waals surface area contributed by atoms with Gasteiger partial charge in [0.25, 0.3) is 5.91 Å². The molecule has 2 aromatic carbocycles. The van der Waals surface area contributed by atoms with Crippen LogP contribution in [0.4, 0.5) is 11.6 Å². The van der Waals surface area contributed by atoms with Crippen molar-refractivity contribution in [2.45, 2.75) is 19.4 Å². The molecule has 0 saturated carbocycles. The van der Waals surface area contributed by atoms with E-state index < -0.39 is 0 Å². The van der Waals surface area contributed by atoms with Gasteiger partial charge in [-0.3, -0.25) is 9.89 Å². The number of hydrogen-bond acceptors (Lipinski definition) is 8. The minimum absolute atomic E-state index is 0.0809. The Morgan fingerprint density at radius 2 is 2.14 bits per heavy atom. The molecule has 1 aliphatic heterocycles. The highest BCUT2D eigenvalue weighted by atomic mass is 16.5. The minimum atomic E-state index is -0.157. The lowest BCUT2D eigenvalue weighted by molar-refractivity contribution is -0.123. The van der Waals surface area contributed by atoms with Gasteiger partial charge in [0.1, 0.15) is 0 Å². The summed E-state index contributed by atoms with van der Waals surface area (Å²) in [5.74, 6) is 1.96. The van der Waals surface area contributed by atoms with Gasteiger partial charge < -0.3 is 25.4 Å². The number of aryl methyl sites for hydroxylation is 2. The zero-order valence-electron chi connectivity index (χ0n) is 19.9. The van der Waals surface area contributed by atoms with Crippen LogP contribution in [0.3, 0.4) is 0 Å². The number of ether oxygens (including phenoxy) is 2. The highest BCUT2D eigenvalue weighted by Gasteiger charge is 2.18. The number of H-pyrrole nitrogens is 1. The zero-order chi connectivity index (χ0) is 24.4. The largest absolute Gasteiger partial charge is 0.493 e. The summed E-state index contributed by atoms with van der Waals surface area (Å²) in [6.07, 6.45) is 2.73. The molecule has 4 aromatic rings. The molecule has 1 unspecified atom stereocenters. The molecule has 1 amide bonds. The van der Waals surface area contributed by atoms with Crippen molar-refractivity contribution >= 4 is 28.4 Å². The first-order chi connectivity index (χ1) is 17.0. The van der Waals surface area contributed by atoms with Crippen LogP contribution in [-0.2, 0) is 11.8 Å². The Morgan fingerprint density at radius 1 is 1.26 bits per heavy atom. The number of amides is 1. The van der Waals surface area contributed by atoms with Crippen LogP contribution in [0.2, 0.25) is 0 Å². The predicted molar refractivity (Wildman–Crippen MR) is 132 cm³/mol. The Balaban J connectivity index is 1.30. The molecule has 0 spiro atoms. The minimum Gasteiger partial charge on any atom is -0.493 e. The highest BCUT2D eigenvalue weighted by molar-refractivity contribution is 5.87. The van der Waals surface area contributed by atoms with Gasteiger partial charge in [0, 0.05) is 36.3 Å². The summed E-state index contributed by atoms with van der Waals surface area (Å²) in [6, 6.07) is 9.52. The second-order valence-electron chi connectivity index (χ2n) is 8.49. The van der Waals surface area contributed by atoms with Crippen LogP contribution >= 0.6 is 0 Å². The van der Waals surface area contributed by atoms with Crippen molar-refractivity contribution in [3.05, 3.63) is 42.1 Å². The van der Waals surface area contributed by atoms with E-state index in [4.69, 9.17) is 9.47 Å². The molecule has 3 heterocycles. The lowest BCUT2D eigenvalue weighted by Gasteiger charge is -2.14. The van der Waals surface area contributed by atoms with E-state index in [1.807, 2.05) is 38.4 Å². The lowest BCUT2D eigenvalue weighted by atomic mass is 10.1. The standard InChI is InChI=1S/C24H28N8O3/c1-14-17-12-26-30-19(17)6-5-18(14)28-24-29-23(31-32(24)2)15-4-7-20(21(10-15)34-3)35-13-22(33)27-16-8-9-25-11-16/h4-7,10,12,16,25H,8-9,11,13H2,1-3H3,(H,26,30)(H,27,33)(H,28,29,31). The highest BCUT2D eigenvalue weighted by Crippen LogP contribution is 2.32. The van der Waals surface area contributed by atoms with Crippen molar-refractivity contribution < 1.29 is 14.3 Å². The van der Waals surface area contributed by atoms with Crippen LogP contribution in [-0.4, -0.2) is 63.7 Å². The number of rotatable bonds is 8. The molecule has 182 valence electrons. The van der Waals surface area contributed by atoms with Crippen LogP contribution in [0, 0.1) is 6.92 Å². The molecule has 5 rings (SSSR count). The maximum atomic E-state index is 12.2. The van der Waals surface area contributed by atoms with Crippen molar-refractivity contribution in [3.63, 3.8) is 0 Å². The van der Waals surface area contributed by atoms with Gasteiger partial charge in [-0.1, -0.05) is 0 Å². The van der Waals surface area contributed by atoms with Gasteiger partial charge in [-0.25, -0.2) is 4.68 Å². The average molecular weight is 477 g/mol. The smallest absolute Gasteiger partial charge is 0.258 e. The molecule has 1 atom stereocenters. The molecule has 11 heteroatoms.